The Labute approximate surface area is 221 Å². The molecule has 9 heteroatoms. The average molecular weight is 536 g/mol. The minimum atomic E-state index is -4.16. The molecule has 7 nitrogen and oxygen atoms in total. The van der Waals surface area contributed by atoms with Gasteiger partial charge in [0.15, 0.2) is 0 Å². The van der Waals surface area contributed by atoms with Crippen molar-refractivity contribution in [1.29, 1.82) is 0 Å². The van der Waals surface area contributed by atoms with E-state index in [2.05, 4.69) is 11.6 Å². The second-order valence-corrected chi connectivity index (χ2v) is 11.3. The van der Waals surface area contributed by atoms with Crippen LogP contribution in [0.1, 0.15) is 29.7 Å². The van der Waals surface area contributed by atoms with Crippen molar-refractivity contribution in [2.45, 2.75) is 31.2 Å². The molecule has 2 heterocycles. The zero-order valence-corrected chi connectivity index (χ0v) is 22.0. The number of aryl methyl sites for hydroxylation is 1. The van der Waals surface area contributed by atoms with E-state index < -0.39 is 27.4 Å². The van der Waals surface area contributed by atoms with Crippen molar-refractivity contribution in [2.75, 3.05) is 6.61 Å². The highest BCUT2D eigenvalue weighted by atomic mass is 35.5. The summed E-state index contributed by atoms with van der Waals surface area (Å²) in [6.45, 7) is 7.96. The Bertz CT molecular complexity index is 1500. The second-order valence-electron chi connectivity index (χ2n) is 9.09. The van der Waals surface area contributed by atoms with Crippen LogP contribution < -0.4 is 0 Å². The minimum Gasteiger partial charge on any atom is -0.465 e. The van der Waals surface area contributed by atoms with Gasteiger partial charge < -0.3 is 4.74 Å². The molecular weight excluding hydrogens is 510 g/mol. The minimum absolute atomic E-state index is 0.0800. The van der Waals surface area contributed by atoms with E-state index in [4.69, 9.17) is 16.3 Å². The van der Waals surface area contributed by atoms with Crippen molar-refractivity contribution in [3.63, 3.8) is 0 Å². The summed E-state index contributed by atoms with van der Waals surface area (Å²) in [5.74, 6) is -0.559. The number of sulfonamides is 1. The molecular formula is C28H26ClN3O4S. The third kappa shape index (κ3) is 4.01. The van der Waals surface area contributed by atoms with Gasteiger partial charge >= 0.3 is 5.97 Å². The number of hydrazine groups is 1. The lowest BCUT2D eigenvalue weighted by molar-refractivity contribution is -0.154. The van der Waals surface area contributed by atoms with Gasteiger partial charge in [-0.2, -0.15) is 12.8 Å². The molecule has 1 fully saturated rings. The summed E-state index contributed by atoms with van der Waals surface area (Å²) in [5, 5.41) is 2.05. The number of aliphatic imine (C=N–C) groups is 1. The SMILES string of the molecule is C=C1N(S(=O)(=O)c2ccc(C)cc2)N2C=Nc3ccccc3[C@@H]2[C@]1(Cc1ccc(Cl)cc1)C(=O)OCC. The molecule has 3 aromatic rings. The number of fused-ring (bicyclic) bond motifs is 3. The molecule has 0 spiro atoms. The van der Waals surface area contributed by atoms with E-state index in [1.807, 2.05) is 43.3 Å². The third-order valence-electron chi connectivity index (χ3n) is 6.82. The summed E-state index contributed by atoms with van der Waals surface area (Å²) in [4.78, 5) is 18.6. The molecule has 0 unspecified atom stereocenters. The summed E-state index contributed by atoms with van der Waals surface area (Å²) in [5.41, 5.74) is 1.69. The number of carbonyl (C=O) groups excluding carboxylic acids is 1. The van der Waals surface area contributed by atoms with E-state index in [1.54, 1.807) is 43.3 Å². The van der Waals surface area contributed by atoms with Gasteiger partial charge in [-0.25, -0.2) is 4.99 Å². The van der Waals surface area contributed by atoms with Crippen molar-refractivity contribution in [3.05, 3.63) is 107 Å². The molecule has 37 heavy (non-hydrogen) atoms. The predicted octanol–water partition coefficient (Wildman–Crippen LogP) is 5.59. The fourth-order valence-corrected chi connectivity index (χ4v) is 6.68. The standard InChI is InChI=1S/C28H26ClN3O4S/c1-4-36-27(33)28(17-21-11-13-22(29)14-12-21)20(3)32(37(34,35)23-15-9-19(2)10-16-23)31-18-30-25-8-6-5-7-24(25)26(28)31/h5-16,18,26H,3-4,17H2,1-2H3/t26-,28-/m1/s1. The number of carbonyl (C=O) groups is 1. The molecule has 0 aromatic heterocycles. The third-order valence-corrected chi connectivity index (χ3v) is 8.80. The largest absolute Gasteiger partial charge is 0.465 e. The van der Waals surface area contributed by atoms with Crippen LogP contribution in [0.15, 0.2) is 95.0 Å². The van der Waals surface area contributed by atoms with Gasteiger partial charge in [-0.15, -0.1) is 0 Å². The highest BCUT2D eigenvalue weighted by Gasteiger charge is 2.64. The summed E-state index contributed by atoms with van der Waals surface area (Å²) in [6, 6.07) is 20.3. The highest BCUT2D eigenvalue weighted by Crippen LogP contribution is 2.58. The van der Waals surface area contributed by atoms with Crippen LogP contribution in [0.2, 0.25) is 5.02 Å². The zero-order chi connectivity index (χ0) is 26.4. The summed E-state index contributed by atoms with van der Waals surface area (Å²) >= 11 is 6.12. The monoisotopic (exact) mass is 535 g/mol. The Kier molecular flexibility index (Phi) is 6.33. The molecule has 2 aliphatic rings. The van der Waals surface area contributed by atoms with Crippen LogP contribution in [0.5, 0.6) is 0 Å². The van der Waals surface area contributed by atoms with Gasteiger partial charge in [-0.05, 0) is 56.2 Å². The molecule has 0 N–H and O–H groups in total. The fourth-order valence-electron chi connectivity index (χ4n) is 5.04. The van der Waals surface area contributed by atoms with Crippen molar-refractivity contribution >= 4 is 39.6 Å². The molecule has 2 aliphatic heterocycles. The van der Waals surface area contributed by atoms with E-state index in [0.29, 0.717) is 16.3 Å². The molecule has 1 saturated heterocycles. The van der Waals surface area contributed by atoms with Crippen molar-refractivity contribution in [2.24, 2.45) is 10.4 Å². The van der Waals surface area contributed by atoms with Gasteiger partial charge in [0.1, 0.15) is 17.8 Å². The van der Waals surface area contributed by atoms with Crippen LogP contribution in [0.25, 0.3) is 0 Å². The van der Waals surface area contributed by atoms with Crippen LogP contribution in [0.3, 0.4) is 0 Å². The van der Waals surface area contributed by atoms with Crippen LogP contribution in [-0.4, -0.2) is 36.8 Å². The topological polar surface area (TPSA) is 79.3 Å². The molecule has 0 radical (unpaired) electrons. The van der Waals surface area contributed by atoms with E-state index in [0.717, 1.165) is 15.5 Å². The number of hydrogen-bond donors (Lipinski definition) is 0. The predicted molar refractivity (Wildman–Crippen MR) is 143 cm³/mol. The smallest absolute Gasteiger partial charge is 0.321 e. The molecule has 0 bridgehead atoms. The summed E-state index contributed by atoms with van der Waals surface area (Å²) < 4.78 is 34.9. The molecule has 5 rings (SSSR count). The van der Waals surface area contributed by atoms with Gasteiger partial charge in [-0.1, -0.05) is 66.2 Å². The van der Waals surface area contributed by atoms with Crippen LogP contribution >= 0.6 is 11.6 Å². The highest BCUT2D eigenvalue weighted by molar-refractivity contribution is 7.89. The van der Waals surface area contributed by atoms with Crippen LogP contribution in [-0.2, 0) is 26.0 Å². The first-order chi connectivity index (χ1) is 17.7. The van der Waals surface area contributed by atoms with Gasteiger partial charge in [0, 0.05) is 10.6 Å². The van der Waals surface area contributed by atoms with Crippen molar-refractivity contribution in [3.8, 4) is 0 Å². The van der Waals surface area contributed by atoms with Gasteiger partial charge in [-0.3, -0.25) is 9.80 Å². The van der Waals surface area contributed by atoms with Crippen LogP contribution in [0.4, 0.5) is 5.69 Å². The molecule has 0 amide bonds. The normalized spacial score (nSPS) is 20.5. The van der Waals surface area contributed by atoms with Gasteiger partial charge in [0.2, 0.25) is 0 Å². The van der Waals surface area contributed by atoms with Gasteiger partial charge in [0.05, 0.1) is 22.9 Å². The Morgan fingerprint density at radius 1 is 1.08 bits per heavy atom. The number of nitrogens with zero attached hydrogens (tertiary/aromatic N) is 3. The first kappa shape index (κ1) is 25.0. The number of benzene rings is 3. The first-order valence-corrected chi connectivity index (χ1v) is 13.7. The Morgan fingerprint density at radius 3 is 2.43 bits per heavy atom. The van der Waals surface area contributed by atoms with E-state index in [9.17, 15) is 13.2 Å². The maximum Gasteiger partial charge on any atom is 0.321 e. The summed E-state index contributed by atoms with van der Waals surface area (Å²) in [7, 11) is -4.16. The molecule has 190 valence electrons. The first-order valence-electron chi connectivity index (χ1n) is 11.8. The maximum absolute atomic E-state index is 14.1. The molecule has 0 aliphatic carbocycles. The fraction of sp³-hybridized carbons (Fsp3) is 0.214. The second kappa shape index (κ2) is 9.36. The van der Waals surface area contributed by atoms with E-state index >= 15 is 0 Å². The van der Waals surface area contributed by atoms with Crippen molar-refractivity contribution < 1.29 is 17.9 Å². The lowest BCUT2D eigenvalue weighted by atomic mass is 9.71. The Hall–Kier alpha value is -3.62. The number of halogens is 1. The number of rotatable bonds is 6. The molecule has 2 atom stereocenters. The Balaban J connectivity index is 1.75. The lowest BCUT2D eigenvalue weighted by Crippen LogP contribution is -2.43. The van der Waals surface area contributed by atoms with Gasteiger partial charge in [0.25, 0.3) is 10.0 Å². The van der Waals surface area contributed by atoms with Crippen LogP contribution in [0, 0.1) is 12.3 Å². The number of para-hydroxylation sites is 1. The number of hydrogen-bond acceptors (Lipinski definition) is 6. The average Bonchev–Trinajstić information content (AvgIpc) is 3.15. The Morgan fingerprint density at radius 2 is 1.76 bits per heavy atom. The lowest BCUT2D eigenvalue weighted by Gasteiger charge is -2.36. The zero-order valence-electron chi connectivity index (χ0n) is 20.5. The van der Waals surface area contributed by atoms with E-state index in [-0.39, 0.29) is 23.6 Å². The molecule has 0 saturated carbocycles. The van der Waals surface area contributed by atoms with Crippen molar-refractivity contribution in [1.82, 2.24) is 9.42 Å². The summed E-state index contributed by atoms with van der Waals surface area (Å²) in [6.07, 6.45) is 1.60. The number of ether oxygens (including phenoxy) is 1. The quantitative estimate of drug-likeness (QED) is 0.384. The molecule has 3 aromatic carbocycles. The number of esters is 1. The van der Waals surface area contributed by atoms with E-state index in [1.165, 1.54) is 11.3 Å². The maximum atomic E-state index is 14.1.